The molecule has 0 spiro atoms. The van der Waals surface area contributed by atoms with Crippen LogP contribution in [0, 0.1) is 6.92 Å². The van der Waals surface area contributed by atoms with Crippen LogP contribution in [0.5, 0.6) is 5.75 Å². The number of rotatable bonds is 5. The van der Waals surface area contributed by atoms with E-state index < -0.39 is 5.60 Å². The van der Waals surface area contributed by atoms with E-state index in [1.165, 1.54) is 0 Å². The Morgan fingerprint density at radius 3 is 2.77 bits per heavy atom. The molecule has 144 valence electrons. The van der Waals surface area contributed by atoms with Crippen LogP contribution in [0.3, 0.4) is 0 Å². The van der Waals surface area contributed by atoms with Crippen molar-refractivity contribution in [2.75, 3.05) is 59.5 Å². The van der Waals surface area contributed by atoms with Crippen molar-refractivity contribution in [2.24, 2.45) is 0 Å². The molecule has 26 heavy (non-hydrogen) atoms. The number of aryl methyl sites for hydroxylation is 1. The van der Waals surface area contributed by atoms with Gasteiger partial charge >= 0.3 is 0 Å². The number of carbonyl (C=O) groups is 1. The zero-order valence-electron chi connectivity index (χ0n) is 15.6. The molecule has 2 fully saturated rings. The summed E-state index contributed by atoms with van der Waals surface area (Å²) in [6.07, 6.45) is 0.330. The number of nitrogens with one attached hydrogen (secondary N) is 1. The normalized spacial score (nSPS) is 24.5. The molecule has 0 bridgehead atoms. The maximum atomic E-state index is 12.8. The predicted octanol–water partition coefficient (Wildman–Crippen LogP) is 1.55. The quantitative estimate of drug-likeness (QED) is 0.838. The second-order valence-corrected chi connectivity index (χ2v) is 7.68. The standard InChI is InChI=1S/C19H28ClN3O3/c1-15-11-16(3-4-17(15)20)25-14-19(13-21-5-10-26-19)12-18(24)23-8-6-22(2)7-9-23/h3-4,11,21H,5-10,12-14H2,1-2H3/t19-/m1/s1. The molecule has 7 heteroatoms. The number of benzene rings is 1. The van der Waals surface area contributed by atoms with Crippen molar-refractivity contribution < 1.29 is 14.3 Å². The summed E-state index contributed by atoms with van der Waals surface area (Å²) in [7, 11) is 2.08. The Labute approximate surface area is 160 Å². The first-order valence-corrected chi connectivity index (χ1v) is 9.55. The first kappa shape index (κ1) is 19.4. The highest BCUT2D eigenvalue weighted by atomic mass is 35.5. The van der Waals surface area contributed by atoms with Crippen LogP contribution >= 0.6 is 11.6 Å². The molecule has 2 heterocycles. The smallest absolute Gasteiger partial charge is 0.225 e. The summed E-state index contributed by atoms with van der Waals surface area (Å²) in [5, 5.41) is 4.06. The number of morpholine rings is 1. The summed E-state index contributed by atoms with van der Waals surface area (Å²) in [5.74, 6) is 0.880. The van der Waals surface area contributed by atoms with Gasteiger partial charge in [-0.25, -0.2) is 0 Å². The second kappa shape index (κ2) is 8.57. The maximum absolute atomic E-state index is 12.8. The Balaban J connectivity index is 1.64. The largest absolute Gasteiger partial charge is 0.491 e. The zero-order chi connectivity index (χ0) is 18.6. The van der Waals surface area contributed by atoms with Crippen molar-refractivity contribution in [1.82, 2.24) is 15.1 Å². The van der Waals surface area contributed by atoms with Gasteiger partial charge in [0.2, 0.25) is 5.91 Å². The number of halogens is 1. The summed E-state index contributed by atoms with van der Waals surface area (Å²) in [4.78, 5) is 17.0. The molecular weight excluding hydrogens is 354 g/mol. The zero-order valence-corrected chi connectivity index (χ0v) is 16.3. The topological polar surface area (TPSA) is 54.0 Å². The van der Waals surface area contributed by atoms with Crippen molar-refractivity contribution in [3.63, 3.8) is 0 Å². The van der Waals surface area contributed by atoms with Crippen LogP contribution < -0.4 is 10.1 Å². The average Bonchev–Trinajstić information content (AvgIpc) is 2.64. The minimum absolute atomic E-state index is 0.137. The molecule has 0 aromatic heterocycles. The number of carbonyl (C=O) groups excluding carboxylic acids is 1. The summed E-state index contributed by atoms with van der Waals surface area (Å²) in [5.41, 5.74) is 0.334. The van der Waals surface area contributed by atoms with Gasteiger partial charge in [-0.15, -0.1) is 0 Å². The summed E-state index contributed by atoms with van der Waals surface area (Å²) in [6, 6.07) is 5.59. The molecule has 2 aliphatic heterocycles. The molecular formula is C19H28ClN3O3. The van der Waals surface area contributed by atoms with Crippen LogP contribution in [-0.4, -0.2) is 80.8 Å². The first-order chi connectivity index (χ1) is 12.5. The minimum atomic E-state index is -0.633. The Kier molecular flexibility index (Phi) is 6.40. The van der Waals surface area contributed by atoms with Crippen molar-refractivity contribution >= 4 is 17.5 Å². The molecule has 1 N–H and O–H groups in total. The molecule has 1 aromatic carbocycles. The maximum Gasteiger partial charge on any atom is 0.225 e. The third kappa shape index (κ3) is 4.88. The SMILES string of the molecule is Cc1cc(OC[C@@]2(CC(=O)N3CCN(C)CC3)CNCCO2)ccc1Cl. The number of hydrogen-bond acceptors (Lipinski definition) is 5. The van der Waals surface area contributed by atoms with Gasteiger partial charge in [-0.05, 0) is 37.7 Å². The van der Waals surface area contributed by atoms with Gasteiger partial charge < -0.3 is 24.6 Å². The molecule has 2 aliphatic rings. The van der Waals surface area contributed by atoms with E-state index in [-0.39, 0.29) is 5.91 Å². The van der Waals surface area contributed by atoms with Crippen LogP contribution in [0.25, 0.3) is 0 Å². The Morgan fingerprint density at radius 1 is 1.35 bits per heavy atom. The molecule has 6 nitrogen and oxygen atoms in total. The van der Waals surface area contributed by atoms with Gasteiger partial charge in [0.05, 0.1) is 13.0 Å². The van der Waals surface area contributed by atoms with Gasteiger partial charge in [0.25, 0.3) is 0 Å². The van der Waals surface area contributed by atoms with Gasteiger partial charge in [0.1, 0.15) is 18.0 Å². The Bertz CT molecular complexity index is 626. The van der Waals surface area contributed by atoms with Crippen LogP contribution in [0.2, 0.25) is 5.02 Å². The van der Waals surface area contributed by atoms with Crippen molar-refractivity contribution in [1.29, 1.82) is 0 Å². The fourth-order valence-electron chi connectivity index (χ4n) is 3.33. The molecule has 2 saturated heterocycles. The van der Waals surface area contributed by atoms with Gasteiger partial charge in [-0.2, -0.15) is 0 Å². The molecule has 3 rings (SSSR count). The van der Waals surface area contributed by atoms with Crippen LogP contribution in [0.15, 0.2) is 18.2 Å². The molecule has 0 aliphatic carbocycles. The Hall–Kier alpha value is -1.34. The van der Waals surface area contributed by atoms with E-state index >= 15 is 0 Å². The molecule has 0 unspecified atom stereocenters. The van der Waals surface area contributed by atoms with E-state index in [4.69, 9.17) is 21.1 Å². The number of likely N-dealkylation sites (N-methyl/N-ethyl adjacent to an activating group) is 1. The van der Waals surface area contributed by atoms with Gasteiger partial charge in [0, 0.05) is 44.3 Å². The number of hydrogen-bond donors (Lipinski definition) is 1. The highest BCUT2D eigenvalue weighted by Gasteiger charge is 2.38. The highest BCUT2D eigenvalue weighted by Crippen LogP contribution is 2.25. The lowest BCUT2D eigenvalue weighted by Crippen LogP contribution is -2.57. The fraction of sp³-hybridized carbons (Fsp3) is 0.632. The van der Waals surface area contributed by atoms with Crippen LogP contribution in [0.1, 0.15) is 12.0 Å². The highest BCUT2D eigenvalue weighted by molar-refractivity contribution is 6.31. The lowest BCUT2D eigenvalue weighted by Gasteiger charge is -2.39. The van der Waals surface area contributed by atoms with Crippen molar-refractivity contribution in [2.45, 2.75) is 18.9 Å². The molecule has 0 radical (unpaired) electrons. The van der Waals surface area contributed by atoms with Crippen LogP contribution in [-0.2, 0) is 9.53 Å². The number of piperazine rings is 1. The minimum Gasteiger partial charge on any atom is -0.491 e. The lowest BCUT2D eigenvalue weighted by molar-refractivity contribution is -0.147. The molecule has 1 amide bonds. The van der Waals surface area contributed by atoms with E-state index in [9.17, 15) is 4.79 Å². The number of ether oxygens (including phenoxy) is 2. The van der Waals surface area contributed by atoms with E-state index in [1.807, 2.05) is 30.0 Å². The first-order valence-electron chi connectivity index (χ1n) is 9.17. The third-order valence-electron chi connectivity index (χ3n) is 5.09. The van der Waals surface area contributed by atoms with Gasteiger partial charge in [-0.1, -0.05) is 11.6 Å². The molecule has 0 saturated carbocycles. The van der Waals surface area contributed by atoms with Crippen LogP contribution in [0.4, 0.5) is 0 Å². The molecule has 1 atom stereocenters. The average molecular weight is 382 g/mol. The van der Waals surface area contributed by atoms with Crippen molar-refractivity contribution in [3.05, 3.63) is 28.8 Å². The van der Waals surface area contributed by atoms with E-state index in [0.717, 1.165) is 44.0 Å². The number of nitrogens with zero attached hydrogens (tertiary/aromatic N) is 2. The van der Waals surface area contributed by atoms with Gasteiger partial charge in [0.15, 0.2) is 0 Å². The monoisotopic (exact) mass is 381 g/mol. The predicted molar refractivity (Wildman–Crippen MR) is 102 cm³/mol. The number of amides is 1. The van der Waals surface area contributed by atoms with E-state index in [0.29, 0.717) is 31.2 Å². The third-order valence-corrected chi connectivity index (χ3v) is 5.52. The Morgan fingerprint density at radius 2 is 2.12 bits per heavy atom. The fourth-order valence-corrected chi connectivity index (χ4v) is 3.45. The van der Waals surface area contributed by atoms with Crippen molar-refractivity contribution in [3.8, 4) is 5.75 Å². The van der Waals surface area contributed by atoms with E-state index in [2.05, 4.69) is 17.3 Å². The summed E-state index contributed by atoms with van der Waals surface area (Å²) < 4.78 is 12.0. The van der Waals surface area contributed by atoms with Gasteiger partial charge in [-0.3, -0.25) is 4.79 Å². The summed E-state index contributed by atoms with van der Waals surface area (Å²) >= 11 is 6.08. The second-order valence-electron chi connectivity index (χ2n) is 7.27. The van der Waals surface area contributed by atoms with E-state index in [1.54, 1.807) is 0 Å². The summed E-state index contributed by atoms with van der Waals surface area (Å²) in [6.45, 7) is 7.65. The molecule has 1 aromatic rings. The lowest BCUT2D eigenvalue weighted by atomic mass is 9.97.